The summed E-state index contributed by atoms with van der Waals surface area (Å²) in [6, 6.07) is 9.85. The largest absolute Gasteiger partial charge is 0.480 e. The topological polar surface area (TPSA) is 111 Å². The minimum absolute atomic E-state index is 0.134. The van der Waals surface area contributed by atoms with Crippen molar-refractivity contribution in [1.82, 2.24) is 4.57 Å². The Morgan fingerprint density at radius 2 is 1.70 bits per heavy atom. The molecule has 0 unspecified atom stereocenters. The summed E-state index contributed by atoms with van der Waals surface area (Å²) in [5, 5.41) is 9.06. The zero-order chi connectivity index (χ0) is 28.1. The van der Waals surface area contributed by atoms with Gasteiger partial charge in [0.15, 0.2) is 14.6 Å². The molecule has 37 heavy (non-hydrogen) atoms. The molecular weight excluding hydrogens is 680 g/mol. The third-order valence-corrected chi connectivity index (χ3v) is 9.14. The summed E-state index contributed by atoms with van der Waals surface area (Å²) in [5.74, 6) is -1.68. The van der Waals surface area contributed by atoms with E-state index in [4.69, 9.17) is 23.2 Å². The second kappa shape index (κ2) is 12.8. The van der Waals surface area contributed by atoms with Gasteiger partial charge in [-0.05, 0) is 73.3 Å². The van der Waals surface area contributed by atoms with Crippen LogP contribution in [0.1, 0.15) is 29.3 Å². The Balaban J connectivity index is 0.000000312. The van der Waals surface area contributed by atoms with Crippen molar-refractivity contribution >= 4 is 86.9 Å². The zero-order valence-electron chi connectivity index (χ0n) is 19.6. The summed E-state index contributed by atoms with van der Waals surface area (Å²) >= 11 is 17.5. The number of hydrogen-bond acceptors (Lipinski definition) is 5. The number of sulfone groups is 1. The summed E-state index contributed by atoms with van der Waals surface area (Å²) in [6.07, 6.45) is 2.07. The zero-order valence-corrected chi connectivity index (χ0v) is 25.1. The molecule has 0 aliphatic heterocycles. The SMILES string of the molecule is C[C@@](CCn1cc(F)c2cc(Br)ccc2c1=O)(C(=O)O)S(C)(=O)=O.O=C(Cl)c1ccc(Br)cc1CCCl. The quantitative estimate of drug-likeness (QED) is 0.235. The van der Waals surface area contributed by atoms with E-state index in [-0.39, 0.29) is 23.7 Å². The van der Waals surface area contributed by atoms with E-state index in [1.54, 1.807) is 18.2 Å². The van der Waals surface area contributed by atoms with Crippen molar-refractivity contribution in [2.45, 2.75) is 31.1 Å². The molecule has 0 saturated heterocycles. The lowest BCUT2D eigenvalue weighted by molar-refractivity contribution is -0.139. The first kappa shape index (κ1) is 31.4. The monoisotopic (exact) mass is 699 g/mol. The van der Waals surface area contributed by atoms with E-state index < -0.39 is 37.2 Å². The summed E-state index contributed by atoms with van der Waals surface area (Å²) in [6.45, 7) is 0.835. The molecule has 0 aliphatic carbocycles. The van der Waals surface area contributed by atoms with Crippen molar-refractivity contribution < 1.29 is 27.5 Å². The average molecular weight is 702 g/mol. The molecule has 1 aromatic heterocycles. The first-order valence-corrected chi connectivity index (χ1v) is 15.0. The normalized spacial score (nSPS) is 12.9. The fourth-order valence-electron chi connectivity index (χ4n) is 3.33. The van der Waals surface area contributed by atoms with Crippen molar-refractivity contribution in [2.24, 2.45) is 0 Å². The molecule has 2 aromatic carbocycles. The van der Waals surface area contributed by atoms with Gasteiger partial charge in [-0.2, -0.15) is 0 Å². The Labute approximate surface area is 239 Å². The van der Waals surface area contributed by atoms with Gasteiger partial charge in [-0.1, -0.05) is 31.9 Å². The van der Waals surface area contributed by atoms with Crippen LogP contribution in [0.5, 0.6) is 0 Å². The van der Waals surface area contributed by atoms with Crippen LogP contribution in [0.4, 0.5) is 4.39 Å². The number of aryl methyl sites for hydroxylation is 2. The third kappa shape index (κ3) is 7.63. The summed E-state index contributed by atoms with van der Waals surface area (Å²) in [5.41, 5.74) is 0.898. The Morgan fingerprint density at radius 1 is 1.11 bits per heavy atom. The molecule has 0 spiro atoms. The number of aromatic nitrogens is 1. The standard InChI is InChI=1S/C15H15BrFNO5S.C9H7BrCl2O/c1-15(14(20)21,24(2,22)23)5-6-18-8-12(17)11-7-9(16)3-4-10(11)13(18)19;10-7-1-2-8(9(12)13)6(5-7)3-4-11/h3-4,7-8H,5-6H2,1-2H3,(H,20,21);1-2,5H,3-4H2/t15-;/m1./s1. The van der Waals surface area contributed by atoms with Gasteiger partial charge in [-0.25, -0.2) is 12.8 Å². The van der Waals surface area contributed by atoms with Crippen LogP contribution in [0.3, 0.4) is 0 Å². The number of carboxylic acids is 1. The fraction of sp³-hybridized carbons (Fsp3) is 0.292. The van der Waals surface area contributed by atoms with Gasteiger partial charge in [-0.3, -0.25) is 14.4 Å². The number of benzene rings is 2. The van der Waals surface area contributed by atoms with Gasteiger partial charge >= 0.3 is 5.97 Å². The van der Waals surface area contributed by atoms with Crippen LogP contribution in [-0.2, 0) is 27.6 Å². The van der Waals surface area contributed by atoms with Crippen molar-refractivity contribution in [3.8, 4) is 0 Å². The number of carboxylic acid groups (broad SMARTS) is 1. The van der Waals surface area contributed by atoms with E-state index in [9.17, 15) is 32.3 Å². The maximum absolute atomic E-state index is 14.2. The molecule has 7 nitrogen and oxygen atoms in total. The van der Waals surface area contributed by atoms with Gasteiger partial charge in [0.1, 0.15) is 5.82 Å². The van der Waals surface area contributed by atoms with Gasteiger partial charge in [0, 0.05) is 44.8 Å². The third-order valence-electron chi connectivity index (χ3n) is 5.74. The highest BCUT2D eigenvalue weighted by Crippen LogP contribution is 2.24. The highest BCUT2D eigenvalue weighted by Gasteiger charge is 2.43. The lowest BCUT2D eigenvalue weighted by Gasteiger charge is -2.23. The highest BCUT2D eigenvalue weighted by molar-refractivity contribution is 9.10. The Kier molecular flexibility index (Phi) is 10.9. The molecule has 1 heterocycles. The molecular formula is C24H22Br2Cl2FNO6S. The van der Waals surface area contributed by atoms with Crippen LogP contribution >= 0.6 is 55.1 Å². The number of alkyl halides is 1. The van der Waals surface area contributed by atoms with Gasteiger partial charge in [0.05, 0.1) is 5.39 Å². The maximum atomic E-state index is 14.2. The van der Waals surface area contributed by atoms with Gasteiger partial charge in [0.25, 0.3) is 10.8 Å². The average Bonchev–Trinajstić information content (AvgIpc) is 2.80. The molecule has 3 rings (SSSR count). The van der Waals surface area contributed by atoms with Crippen molar-refractivity contribution in [3.05, 3.63) is 78.8 Å². The molecule has 1 atom stereocenters. The lowest BCUT2D eigenvalue weighted by Crippen LogP contribution is -2.44. The van der Waals surface area contributed by atoms with Crippen LogP contribution in [0.15, 0.2) is 56.3 Å². The van der Waals surface area contributed by atoms with E-state index in [2.05, 4.69) is 31.9 Å². The maximum Gasteiger partial charge on any atom is 0.324 e. The predicted octanol–water partition coefficient (Wildman–Crippen LogP) is 5.79. The Bertz CT molecular complexity index is 1510. The van der Waals surface area contributed by atoms with E-state index in [0.717, 1.165) is 34.0 Å². The number of carbonyl (C=O) groups is 2. The lowest BCUT2D eigenvalue weighted by atomic mass is 10.1. The van der Waals surface area contributed by atoms with Crippen LogP contribution in [0.25, 0.3) is 10.8 Å². The Morgan fingerprint density at radius 3 is 2.24 bits per heavy atom. The summed E-state index contributed by atoms with van der Waals surface area (Å²) < 4.78 is 38.2. The van der Waals surface area contributed by atoms with Crippen LogP contribution in [0.2, 0.25) is 0 Å². The molecule has 0 radical (unpaired) electrons. The second-order valence-electron chi connectivity index (χ2n) is 8.24. The second-order valence-corrected chi connectivity index (χ2v) is 13.2. The number of aliphatic carboxylic acids is 1. The number of carbonyl (C=O) groups excluding carboxylic acids is 1. The van der Waals surface area contributed by atoms with E-state index in [0.29, 0.717) is 22.3 Å². The smallest absolute Gasteiger partial charge is 0.324 e. The van der Waals surface area contributed by atoms with Crippen LogP contribution in [0, 0.1) is 5.82 Å². The van der Waals surface area contributed by atoms with E-state index in [1.807, 2.05) is 6.07 Å². The number of halogens is 5. The summed E-state index contributed by atoms with van der Waals surface area (Å²) in [4.78, 5) is 34.7. The molecule has 0 fully saturated rings. The summed E-state index contributed by atoms with van der Waals surface area (Å²) in [7, 11) is -3.92. The molecule has 13 heteroatoms. The highest BCUT2D eigenvalue weighted by atomic mass is 79.9. The van der Waals surface area contributed by atoms with Gasteiger partial charge in [-0.15, -0.1) is 11.6 Å². The molecule has 200 valence electrons. The number of hydrogen-bond donors (Lipinski definition) is 1. The minimum atomic E-state index is -3.92. The first-order valence-electron chi connectivity index (χ1n) is 10.6. The molecule has 0 amide bonds. The number of fused-ring (bicyclic) bond motifs is 1. The number of nitrogens with zero attached hydrogens (tertiary/aromatic N) is 1. The van der Waals surface area contributed by atoms with Gasteiger partial charge in [0.2, 0.25) is 0 Å². The number of pyridine rings is 1. The van der Waals surface area contributed by atoms with E-state index in [1.165, 1.54) is 12.1 Å². The van der Waals surface area contributed by atoms with Crippen LogP contribution in [-0.4, -0.2) is 46.2 Å². The first-order chi connectivity index (χ1) is 17.1. The van der Waals surface area contributed by atoms with Crippen LogP contribution < -0.4 is 5.56 Å². The molecule has 0 saturated carbocycles. The molecule has 0 aliphatic rings. The molecule has 1 N–H and O–H groups in total. The van der Waals surface area contributed by atoms with Crippen molar-refractivity contribution in [3.63, 3.8) is 0 Å². The minimum Gasteiger partial charge on any atom is -0.480 e. The Hall–Kier alpha value is -1.79. The predicted molar refractivity (Wildman–Crippen MR) is 150 cm³/mol. The molecule has 0 bridgehead atoms. The van der Waals surface area contributed by atoms with Crippen molar-refractivity contribution in [1.29, 1.82) is 0 Å². The number of rotatable bonds is 8. The van der Waals surface area contributed by atoms with Gasteiger partial charge < -0.3 is 9.67 Å². The van der Waals surface area contributed by atoms with E-state index >= 15 is 0 Å². The van der Waals surface area contributed by atoms with Crippen molar-refractivity contribution in [2.75, 3.05) is 12.1 Å². The molecule has 3 aromatic rings. The fourth-order valence-corrected chi connectivity index (χ4v) is 5.27.